The second-order valence-electron chi connectivity index (χ2n) is 3.87. The second-order valence-corrected chi connectivity index (χ2v) is 3.87. The van der Waals surface area contributed by atoms with Gasteiger partial charge in [0, 0.05) is 11.1 Å². The first-order chi connectivity index (χ1) is 8.49. The zero-order chi connectivity index (χ0) is 13.3. The number of aryl methyl sites for hydroxylation is 2. The van der Waals surface area contributed by atoms with Crippen molar-refractivity contribution in [3.05, 3.63) is 47.2 Å². The van der Waals surface area contributed by atoms with Crippen LogP contribution in [0.5, 0.6) is 0 Å². The summed E-state index contributed by atoms with van der Waals surface area (Å²) in [5, 5.41) is 11.1. The van der Waals surface area contributed by atoms with Crippen LogP contribution in [-0.2, 0) is 0 Å². The Kier molecular flexibility index (Phi) is 3.06. The van der Waals surface area contributed by atoms with Crippen LogP contribution in [0, 0.1) is 19.7 Å². The smallest absolute Gasteiger partial charge is 0.126 e. The topological polar surface area (TPSA) is 65.9 Å². The third-order valence-corrected chi connectivity index (χ3v) is 2.52. The van der Waals surface area contributed by atoms with Crippen molar-refractivity contribution in [3.63, 3.8) is 0 Å². The molecule has 0 unspecified atom stereocenters. The van der Waals surface area contributed by atoms with Gasteiger partial charge in [0.2, 0.25) is 0 Å². The maximum Gasteiger partial charge on any atom is 0.126 e. The number of benzene rings is 1. The van der Waals surface area contributed by atoms with E-state index in [1.165, 1.54) is 24.3 Å². The molecule has 2 rings (SSSR count). The maximum absolute atomic E-state index is 12.9. The Labute approximate surface area is 103 Å². The first kappa shape index (κ1) is 12.2. The van der Waals surface area contributed by atoms with Crippen LogP contribution in [0.4, 0.5) is 4.39 Å². The van der Waals surface area contributed by atoms with E-state index in [-0.39, 0.29) is 11.3 Å². The van der Waals surface area contributed by atoms with Crippen LogP contribution >= 0.6 is 0 Å². The highest BCUT2D eigenvalue weighted by molar-refractivity contribution is 5.94. The number of aromatic carboxylic acids is 1. The van der Waals surface area contributed by atoms with E-state index < -0.39 is 11.8 Å². The van der Waals surface area contributed by atoms with Gasteiger partial charge < -0.3 is 9.90 Å². The average molecular weight is 245 g/mol. The van der Waals surface area contributed by atoms with Crippen molar-refractivity contribution in [1.82, 2.24) is 9.97 Å². The van der Waals surface area contributed by atoms with Gasteiger partial charge in [-0.2, -0.15) is 0 Å². The number of hydrogen-bond donors (Lipinski definition) is 0. The molecular weight excluding hydrogens is 235 g/mol. The third-order valence-electron chi connectivity index (χ3n) is 2.52. The van der Waals surface area contributed by atoms with Crippen molar-refractivity contribution in [2.45, 2.75) is 13.8 Å². The van der Waals surface area contributed by atoms with Crippen LogP contribution in [0.15, 0.2) is 24.3 Å². The number of nitrogens with zero attached hydrogens (tertiary/aromatic N) is 2. The molecule has 0 aliphatic carbocycles. The van der Waals surface area contributed by atoms with Gasteiger partial charge in [-0.25, -0.2) is 14.4 Å². The van der Waals surface area contributed by atoms with Gasteiger partial charge in [-0.3, -0.25) is 0 Å². The minimum Gasteiger partial charge on any atom is -0.545 e. The zero-order valence-corrected chi connectivity index (χ0v) is 9.90. The molecule has 0 spiro atoms. The highest BCUT2D eigenvalue weighted by atomic mass is 19.1. The summed E-state index contributed by atoms with van der Waals surface area (Å²) in [5.41, 5.74) is 1.04. The minimum absolute atomic E-state index is 0.0628. The van der Waals surface area contributed by atoms with E-state index in [0.29, 0.717) is 17.1 Å². The molecule has 0 saturated carbocycles. The highest BCUT2D eigenvalue weighted by Crippen LogP contribution is 2.23. The molecule has 0 aliphatic heterocycles. The summed E-state index contributed by atoms with van der Waals surface area (Å²) in [7, 11) is 0. The lowest BCUT2D eigenvalue weighted by Gasteiger charge is -2.13. The highest BCUT2D eigenvalue weighted by Gasteiger charge is 2.13. The Morgan fingerprint density at radius 2 is 1.78 bits per heavy atom. The van der Waals surface area contributed by atoms with E-state index in [2.05, 4.69) is 9.97 Å². The zero-order valence-electron chi connectivity index (χ0n) is 9.90. The molecule has 0 amide bonds. The maximum atomic E-state index is 12.9. The van der Waals surface area contributed by atoms with Crippen LogP contribution in [0.3, 0.4) is 0 Å². The van der Waals surface area contributed by atoms with E-state index in [0.717, 1.165) is 0 Å². The van der Waals surface area contributed by atoms with Gasteiger partial charge in [-0.05, 0) is 38.1 Å². The fourth-order valence-electron chi connectivity index (χ4n) is 1.77. The van der Waals surface area contributed by atoms with Gasteiger partial charge in [0.25, 0.3) is 0 Å². The quantitative estimate of drug-likeness (QED) is 0.799. The van der Waals surface area contributed by atoms with Gasteiger partial charge in [0.15, 0.2) is 0 Å². The van der Waals surface area contributed by atoms with E-state index in [1.807, 2.05) is 0 Å². The van der Waals surface area contributed by atoms with E-state index >= 15 is 0 Å². The second kappa shape index (κ2) is 4.52. The predicted molar refractivity (Wildman–Crippen MR) is 61.2 cm³/mol. The van der Waals surface area contributed by atoms with Crippen molar-refractivity contribution in [2.24, 2.45) is 0 Å². The Morgan fingerprint density at radius 1 is 1.17 bits per heavy atom. The number of rotatable bonds is 2. The van der Waals surface area contributed by atoms with Crippen LogP contribution in [0.25, 0.3) is 11.3 Å². The molecule has 0 aliphatic rings. The van der Waals surface area contributed by atoms with Gasteiger partial charge in [0.05, 0.1) is 17.4 Å². The number of carboxylic acid groups (broad SMARTS) is 1. The van der Waals surface area contributed by atoms with Crippen LogP contribution < -0.4 is 5.11 Å². The van der Waals surface area contributed by atoms with Crippen molar-refractivity contribution in [2.75, 3.05) is 0 Å². The summed E-state index contributed by atoms with van der Waals surface area (Å²) < 4.78 is 12.9. The first-order valence-electron chi connectivity index (χ1n) is 5.31. The molecule has 0 atom stereocenters. The Morgan fingerprint density at radius 3 is 2.33 bits per heavy atom. The van der Waals surface area contributed by atoms with Crippen LogP contribution in [-0.4, -0.2) is 15.9 Å². The molecule has 1 aromatic heterocycles. The third kappa shape index (κ3) is 2.20. The van der Waals surface area contributed by atoms with E-state index in [9.17, 15) is 14.3 Å². The molecule has 4 nitrogen and oxygen atoms in total. The number of aromatic nitrogens is 2. The SMILES string of the molecule is Cc1nc(C)c(C(=O)[O-])c(-c2ccc(F)cc2)n1. The Hall–Kier alpha value is -2.30. The standard InChI is InChI=1S/C13H11FN2O2/c1-7-11(13(17)18)12(16-8(2)15-7)9-3-5-10(14)6-4-9/h3-6H,1-2H3,(H,17,18)/p-1. The van der Waals surface area contributed by atoms with Gasteiger partial charge >= 0.3 is 0 Å². The number of hydrogen-bond acceptors (Lipinski definition) is 4. The average Bonchev–Trinajstić information content (AvgIpc) is 2.28. The molecule has 1 heterocycles. The number of carboxylic acids is 1. The summed E-state index contributed by atoms with van der Waals surface area (Å²) >= 11 is 0. The lowest BCUT2D eigenvalue weighted by atomic mass is 10.0. The number of carbonyl (C=O) groups excluding carboxylic acids is 1. The Balaban J connectivity index is 2.69. The van der Waals surface area contributed by atoms with E-state index in [4.69, 9.17) is 0 Å². The van der Waals surface area contributed by atoms with Gasteiger partial charge in [-0.15, -0.1) is 0 Å². The molecule has 92 valence electrons. The lowest BCUT2D eigenvalue weighted by Crippen LogP contribution is -2.25. The molecular formula is C13H10FN2O2-. The summed E-state index contributed by atoms with van der Waals surface area (Å²) in [4.78, 5) is 19.2. The molecule has 0 fully saturated rings. The fraction of sp³-hybridized carbons (Fsp3) is 0.154. The Bertz CT molecular complexity index is 609. The monoisotopic (exact) mass is 245 g/mol. The minimum atomic E-state index is -1.34. The molecule has 1 aromatic carbocycles. The van der Waals surface area contributed by atoms with Crippen molar-refractivity contribution >= 4 is 5.97 Å². The summed E-state index contributed by atoms with van der Waals surface area (Å²) in [6.45, 7) is 3.24. The van der Waals surface area contributed by atoms with Crippen LogP contribution in [0.2, 0.25) is 0 Å². The molecule has 0 bridgehead atoms. The normalized spacial score (nSPS) is 10.4. The molecule has 2 aromatic rings. The van der Waals surface area contributed by atoms with Gasteiger partial charge in [0.1, 0.15) is 11.6 Å². The molecule has 0 saturated heterocycles. The molecule has 5 heteroatoms. The first-order valence-corrected chi connectivity index (χ1v) is 5.31. The van der Waals surface area contributed by atoms with Crippen molar-refractivity contribution in [1.29, 1.82) is 0 Å². The number of carbonyl (C=O) groups is 1. The van der Waals surface area contributed by atoms with Crippen molar-refractivity contribution < 1.29 is 14.3 Å². The molecule has 18 heavy (non-hydrogen) atoms. The fourth-order valence-corrected chi connectivity index (χ4v) is 1.77. The van der Waals surface area contributed by atoms with Gasteiger partial charge in [-0.1, -0.05) is 0 Å². The lowest BCUT2D eigenvalue weighted by molar-refractivity contribution is -0.255. The number of halogens is 1. The molecule has 0 radical (unpaired) electrons. The van der Waals surface area contributed by atoms with E-state index in [1.54, 1.807) is 13.8 Å². The van der Waals surface area contributed by atoms with Crippen LogP contribution in [0.1, 0.15) is 21.9 Å². The predicted octanol–water partition coefficient (Wildman–Crippen LogP) is 1.26. The molecule has 0 N–H and O–H groups in total. The summed E-state index contributed by atoms with van der Waals surface area (Å²) in [5.74, 6) is -1.28. The summed E-state index contributed by atoms with van der Waals surface area (Å²) in [6, 6.07) is 5.45. The largest absolute Gasteiger partial charge is 0.545 e. The summed E-state index contributed by atoms with van der Waals surface area (Å²) in [6.07, 6.45) is 0. The van der Waals surface area contributed by atoms with Crippen molar-refractivity contribution in [3.8, 4) is 11.3 Å².